The molecule has 0 saturated heterocycles. The van der Waals surface area contributed by atoms with E-state index < -0.39 is 0 Å². The van der Waals surface area contributed by atoms with Crippen LogP contribution in [0.25, 0.3) is 5.69 Å². The smallest absolute Gasteiger partial charge is 0.126 e. The quantitative estimate of drug-likeness (QED) is 0.924. The van der Waals surface area contributed by atoms with Gasteiger partial charge in [-0.3, -0.25) is 0 Å². The molecule has 1 atom stereocenters. The largest absolute Gasteiger partial charge is 0.313 e. The molecule has 4 heteroatoms. The van der Waals surface area contributed by atoms with Crippen LogP contribution in [0.5, 0.6) is 0 Å². The molecule has 1 saturated carbocycles. The molecule has 1 heterocycles. The van der Waals surface area contributed by atoms with Crippen molar-refractivity contribution in [3.05, 3.63) is 47.0 Å². The highest BCUT2D eigenvalue weighted by Crippen LogP contribution is 2.39. The first-order chi connectivity index (χ1) is 9.60. The van der Waals surface area contributed by atoms with Crippen molar-refractivity contribution in [2.24, 2.45) is 0 Å². The van der Waals surface area contributed by atoms with E-state index in [0.717, 1.165) is 16.9 Å². The molecule has 1 N–H and O–H groups in total. The third-order valence-electron chi connectivity index (χ3n) is 4.06. The summed E-state index contributed by atoms with van der Waals surface area (Å²) in [4.78, 5) is 0. The number of nitrogens with zero attached hydrogens (tertiary/aromatic N) is 2. The molecule has 1 fully saturated rings. The summed E-state index contributed by atoms with van der Waals surface area (Å²) in [6, 6.07) is 5.64. The van der Waals surface area contributed by atoms with E-state index in [1.807, 2.05) is 30.9 Å². The van der Waals surface area contributed by atoms with E-state index in [0.29, 0.717) is 11.5 Å². The molecule has 0 bridgehead atoms. The molecule has 1 aliphatic rings. The minimum absolute atomic E-state index is 0.0775. The Bertz CT molecular complexity index is 629. The summed E-state index contributed by atoms with van der Waals surface area (Å²) in [6.45, 7) is 3.82. The van der Waals surface area contributed by atoms with Crippen molar-refractivity contribution in [2.45, 2.75) is 38.6 Å². The summed E-state index contributed by atoms with van der Waals surface area (Å²) in [5.41, 5.74) is 3.68. The molecule has 2 aromatic rings. The van der Waals surface area contributed by atoms with Gasteiger partial charge >= 0.3 is 0 Å². The Morgan fingerprint density at radius 2 is 2.15 bits per heavy atom. The monoisotopic (exact) mass is 273 g/mol. The first-order valence-corrected chi connectivity index (χ1v) is 7.13. The van der Waals surface area contributed by atoms with Crippen molar-refractivity contribution in [3.8, 4) is 5.69 Å². The highest BCUT2D eigenvalue weighted by atomic mass is 19.1. The Morgan fingerprint density at radius 1 is 1.40 bits per heavy atom. The van der Waals surface area contributed by atoms with E-state index in [9.17, 15) is 4.39 Å². The number of hydrogen-bond donors (Lipinski definition) is 1. The van der Waals surface area contributed by atoms with E-state index in [1.165, 1.54) is 12.8 Å². The van der Waals surface area contributed by atoms with Gasteiger partial charge in [-0.1, -0.05) is 0 Å². The summed E-state index contributed by atoms with van der Waals surface area (Å²) in [5.74, 6) is 0.461. The number of halogens is 1. The zero-order valence-electron chi connectivity index (χ0n) is 12.2. The lowest BCUT2D eigenvalue weighted by Crippen LogP contribution is -2.16. The van der Waals surface area contributed by atoms with Gasteiger partial charge in [-0.05, 0) is 63.1 Å². The Labute approximate surface area is 118 Å². The lowest BCUT2D eigenvalue weighted by Gasteiger charge is -2.17. The molecule has 20 heavy (non-hydrogen) atoms. The molecule has 0 radical (unpaired) electrons. The fourth-order valence-corrected chi connectivity index (χ4v) is 2.45. The first kappa shape index (κ1) is 13.3. The van der Waals surface area contributed by atoms with Gasteiger partial charge in [0.25, 0.3) is 0 Å². The molecule has 0 amide bonds. The molecular formula is C16H20FN3. The molecule has 1 aromatic carbocycles. The van der Waals surface area contributed by atoms with E-state index >= 15 is 0 Å². The van der Waals surface area contributed by atoms with Gasteiger partial charge in [-0.15, -0.1) is 0 Å². The van der Waals surface area contributed by atoms with Crippen LogP contribution in [0.4, 0.5) is 4.39 Å². The van der Waals surface area contributed by atoms with Gasteiger partial charge in [0, 0.05) is 18.2 Å². The predicted octanol–water partition coefficient (Wildman–Crippen LogP) is 3.48. The van der Waals surface area contributed by atoms with Crippen LogP contribution in [0, 0.1) is 12.7 Å². The summed E-state index contributed by atoms with van der Waals surface area (Å²) < 4.78 is 15.7. The lowest BCUT2D eigenvalue weighted by atomic mass is 10.0. The van der Waals surface area contributed by atoms with Gasteiger partial charge in [0.15, 0.2) is 0 Å². The van der Waals surface area contributed by atoms with Crippen molar-refractivity contribution in [1.29, 1.82) is 0 Å². The summed E-state index contributed by atoms with van der Waals surface area (Å²) in [5, 5.41) is 7.83. The van der Waals surface area contributed by atoms with Crippen molar-refractivity contribution in [2.75, 3.05) is 7.05 Å². The van der Waals surface area contributed by atoms with Crippen molar-refractivity contribution in [3.63, 3.8) is 0 Å². The number of benzene rings is 1. The highest BCUT2D eigenvalue weighted by molar-refractivity contribution is 5.46. The summed E-state index contributed by atoms with van der Waals surface area (Å²) in [6.07, 6.45) is 4.45. The minimum Gasteiger partial charge on any atom is -0.313 e. The van der Waals surface area contributed by atoms with Crippen LogP contribution in [-0.4, -0.2) is 16.8 Å². The van der Waals surface area contributed by atoms with Crippen LogP contribution in [-0.2, 0) is 0 Å². The number of nitrogens with one attached hydrogen (secondary N) is 1. The number of rotatable bonds is 4. The Kier molecular flexibility index (Phi) is 3.34. The second-order valence-corrected chi connectivity index (χ2v) is 5.63. The molecule has 3 rings (SSSR count). The van der Waals surface area contributed by atoms with Crippen LogP contribution in [0.15, 0.2) is 24.4 Å². The second kappa shape index (κ2) is 5.02. The maximum atomic E-state index is 13.9. The molecule has 1 aliphatic carbocycles. The SMILES string of the molecule is CNC(C)c1cc(F)c(C)cc1-n1ccc(C2CC2)n1. The standard InChI is InChI=1S/C16H20FN3/c1-10-8-16(13(9-14(10)17)11(2)18-3)20-7-6-15(19-20)12-4-5-12/h6-9,11-12,18H,4-5H2,1-3H3. The molecule has 1 aromatic heterocycles. The van der Waals surface area contributed by atoms with Gasteiger partial charge in [0.05, 0.1) is 11.4 Å². The van der Waals surface area contributed by atoms with Crippen LogP contribution >= 0.6 is 0 Å². The predicted molar refractivity (Wildman–Crippen MR) is 77.7 cm³/mol. The Hall–Kier alpha value is -1.68. The van der Waals surface area contributed by atoms with E-state index in [-0.39, 0.29) is 11.9 Å². The minimum atomic E-state index is -0.166. The van der Waals surface area contributed by atoms with Gasteiger partial charge in [0.1, 0.15) is 5.82 Å². The topological polar surface area (TPSA) is 29.9 Å². The molecule has 3 nitrogen and oxygen atoms in total. The van der Waals surface area contributed by atoms with Crippen LogP contribution in [0.3, 0.4) is 0 Å². The van der Waals surface area contributed by atoms with E-state index in [2.05, 4.69) is 16.5 Å². The average molecular weight is 273 g/mol. The Morgan fingerprint density at radius 3 is 2.80 bits per heavy atom. The fraction of sp³-hybridized carbons (Fsp3) is 0.438. The zero-order valence-corrected chi connectivity index (χ0v) is 12.2. The third kappa shape index (κ3) is 2.36. The highest BCUT2D eigenvalue weighted by Gasteiger charge is 2.26. The maximum Gasteiger partial charge on any atom is 0.126 e. The van der Waals surface area contributed by atoms with Crippen LogP contribution in [0.2, 0.25) is 0 Å². The first-order valence-electron chi connectivity index (χ1n) is 7.13. The number of aryl methyl sites for hydroxylation is 1. The van der Waals surface area contributed by atoms with Crippen molar-refractivity contribution >= 4 is 0 Å². The molecule has 0 spiro atoms. The van der Waals surface area contributed by atoms with Gasteiger partial charge in [0.2, 0.25) is 0 Å². The fourth-order valence-electron chi connectivity index (χ4n) is 2.45. The van der Waals surface area contributed by atoms with Gasteiger partial charge in [-0.25, -0.2) is 9.07 Å². The number of hydrogen-bond acceptors (Lipinski definition) is 2. The lowest BCUT2D eigenvalue weighted by molar-refractivity contribution is 0.597. The summed E-state index contributed by atoms with van der Waals surface area (Å²) in [7, 11) is 1.88. The number of aromatic nitrogens is 2. The average Bonchev–Trinajstić information content (AvgIpc) is 3.18. The van der Waals surface area contributed by atoms with Crippen LogP contribution in [0.1, 0.15) is 48.5 Å². The van der Waals surface area contributed by atoms with Crippen molar-refractivity contribution < 1.29 is 4.39 Å². The molecule has 1 unspecified atom stereocenters. The Balaban J connectivity index is 2.07. The second-order valence-electron chi connectivity index (χ2n) is 5.63. The molecular weight excluding hydrogens is 253 g/mol. The zero-order chi connectivity index (χ0) is 14.3. The normalized spacial score (nSPS) is 16.4. The molecule has 106 valence electrons. The maximum absolute atomic E-state index is 13.9. The summed E-state index contributed by atoms with van der Waals surface area (Å²) >= 11 is 0. The van der Waals surface area contributed by atoms with Crippen molar-refractivity contribution in [1.82, 2.24) is 15.1 Å². The van der Waals surface area contributed by atoms with E-state index in [4.69, 9.17) is 0 Å². The molecule has 0 aliphatic heterocycles. The third-order valence-corrected chi connectivity index (χ3v) is 4.06. The van der Waals surface area contributed by atoms with Gasteiger partial charge < -0.3 is 5.32 Å². The van der Waals surface area contributed by atoms with E-state index in [1.54, 1.807) is 13.0 Å². The van der Waals surface area contributed by atoms with Gasteiger partial charge in [-0.2, -0.15) is 5.10 Å². The van der Waals surface area contributed by atoms with Crippen LogP contribution < -0.4 is 5.32 Å².